The van der Waals surface area contributed by atoms with Gasteiger partial charge in [-0.2, -0.15) is 0 Å². The van der Waals surface area contributed by atoms with Crippen LogP contribution in [0.1, 0.15) is 59.6 Å². The second-order valence-electron chi connectivity index (χ2n) is 14.6. The number of fused-ring (bicyclic) bond motifs is 1. The number of likely N-dealkylation sites (tertiary alicyclic amines) is 1. The van der Waals surface area contributed by atoms with E-state index in [1.54, 1.807) is 29.3 Å². The van der Waals surface area contributed by atoms with E-state index in [9.17, 15) is 24.0 Å². The summed E-state index contributed by atoms with van der Waals surface area (Å²) in [6.45, 7) is 10.3. The van der Waals surface area contributed by atoms with Crippen LogP contribution in [0.15, 0.2) is 24.4 Å². The monoisotopic (exact) mass is 565 g/mol. The summed E-state index contributed by atoms with van der Waals surface area (Å²) in [6.07, 6.45) is 4.29. The minimum Gasteiger partial charge on any atom is -0.344 e. The molecule has 41 heavy (non-hydrogen) atoms. The van der Waals surface area contributed by atoms with Crippen LogP contribution in [0.25, 0.3) is 0 Å². The summed E-state index contributed by atoms with van der Waals surface area (Å²) in [5.74, 6) is -1.60. The highest BCUT2D eigenvalue weighted by Gasteiger charge is 2.70. The SMILES string of the molecule is CN(C)C(=O)C(=O)C(Cc1ccccn1)NC(=O)[C@@H]1[C@@H]2[C@H](CN1C(=O)[C@@H](NC(=O)C13CC(C1)C3)C(C)(C)C)C2(C)C. The van der Waals surface area contributed by atoms with Crippen LogP contribution in [0.2, 0.25) is 0 Å². The van der Waals surface area contributed by atoms with Crippen LogP contribution >= 0.6 is 0 Å². The molecule has 1 saturated heterocycles. The number of pyridine rings is 1. The number of carbonyl (C=O) groups excluding carboxylic acids is 5. The number of likely N-dealkylation sites (N-methyl/N-ethyl adjacent to an activating group) is 1. The lowest BCUT2D eigenvalue weighted by Gasteiger charge is -2.60. The molecular formula is C31H43N5O5. The molecule has 2 bridgehead atoms. The van der Waals surface area contributed by atoms with E-state index < -0.39 is 41.1 Å². The van der Waals surface area contributed by atoms with E-state index in [0.717, 1.165) is 19.3 Å². The fourth-order valence-corrected chi connectivity index (χ4v) is 7.23. The minimum atomic E-state index is -1.13. The van der Waals surface area contributed by atoms with Crippen molar-refractivity contribution in [2.24, 2.45) is 34.0 Å². The number of piperidine rings is 1. The molecule has 2 heterocycles. The van der Waals surface area contributed by atoms with Gasteiger partial charge in [-0.05, 0) is 60.0 Å². The zero-order valence-corrected chi connectivity index (χ0v) is 25.2. The highest BCUT2D eigenvalue weighted by molar-refractivity contribution is 6.38. The maximum atomic E-state index is 14.2. The van der Waals surface area contributed by atoms with Gasteiger partial charge in [0.2, 0.25) is 23.5 Å². The number of nitrogens with zero attached hydrogens (tertiary/aromatic N) is 3. The molecule has 0 spiro atoms. The van der Waals surface area contributed by atoms with Crippen molar-refractivity contribution in [1.29, 1.82) is 0 Å². The third-order valence-corrected chi connectivity index (χ3v) is 10.1. The maximum Gasteiger partial charge on any atom is 0.291 e. The lowest BCUT2D eigenvalue weighted by Crippen LogP contribution is -2.66. The van der Waals surface area contributed by atoms with E-state index in [-0.39, 0.29) is 40.9 Å². The maximum absolute atomic E-state index is 14.2. The van der Waals surface area contributed by atoms with Crippen LogP contribution in [0.3, 0.4) is 0 Å². The first-order chi connectivity index (χ1) is 19.1. The van der Waals surface area contributed by atoms with Gasteiger partial charge in [-0.3, -0.25) is 29.0 Å². The van der Waals surface area contributed by atoms with Gasteiger partial charge in [-0.1, -0.05) is 40.7 Å². The summed E-state index contributed by atoms with van der Waals surface area (Å²) in [5.41, 5.74) is -0.496. The van der Waals surface area contributed by atoms with Crippen molar-refractivity contribution in [1.82, 2.24) is 25.4 Å². The number of hydrogen-bond acceptors (Lipinski definition) is 6. The standard InChI is InChI=1S/C31H43N5O5/c1-29(2,3)24(34-28(41)31-13-17(14-31)15-31)27(40)36-16-19-21(30(19,4)5)22(36)25(38)33-20(23(37)26(39)35(6)7)12-18-10-8-9-11-32-18/h8-11,17,19-22,24H,12-16H2,1-7H3,(H,33,38)(H,34,41)/t17?,19-,20?,21-,22-,24+,31?/m0/s1. The Bertz CT molecular complexity index is 1250. The first kappa shape index (κ1) is 29.2. The van der Waals surface area contributed by atoms with Crippen molar-refractivity contribution >= 4 is 29.4 Å². The fourth-order valence-electron chi connectivity index (χ4n) is 7.23. The average molecular weight is 566 g/mol. The smallest absolute Gasteiger partial charge is 0.291 e. The Labute approximate surface area is 242 Å². The third kappa shape index (κ3) is 5.03. The molecule has 1 aliphatic heterocycles. The highest BCUT2D eigenvalue weighted by atomic mass is 16.2. The Balaban J connectivity index is 1.38. The topological polar surface area (TPSA) is 129 Å². The van der Waals surface area contributed by atoms with Crippen molar-refractivity contribution < 1.29 is 24.0 Å². The fraction of sp³-hybridized carbons (Fsp3) is 0.677. The highest BCUT2D eigenvalue weighted by Crippen LogP contribution is 2.65. The molecular weight excluding hydrogens is 522 g/mol. The molecule has 2 N–H and O–H groups in total. The molecule has 4 amide bonds. The molecule has 5 aliphatic rings. The van der Waals surface area contributed by atoms with Gasteiger partial charge >= 0.3 is 0 Å². The molecule has 6 rings (SSSR count). The Morgan fingerprint density at radius 3 is 2.24 bits per heavy atom. The summed E-state index contributed by atoms with van der Waals surface area (Å²) < 4.78 is 0. The lowest BCUT2D eigenvalue weighted by atomic mass is 9.44. The van der Waals surface area contributed by atoms with Crippen molar-refractivity contribution in [3.8, 4) is 0 Å². The minimum absolute atomic E-state index is 0.0485. The Kier molecular flexibility index (Phi) is 7.06. The van der Waals surface area contributed by atoms with Gasteiger partial charge < -0.3 is 20.4 Å². The number of ketones is 1. The summed E-state index contributed by atoms with van der Waals surface area (Å²) in [6, 6.07) is 2.53. The zero-order chi connectivity index (χ0) is 30.1. The normalized spacial score (nSPS) is 30.1. The molecule has 10 nitrogen and oxygen atoms in total. The average Bonchev–Trinajstić information content (AvgIpc) is 3.16. The number of nitrogens with one attached hydrogen (secondary N) is 2. The van der Waals surface area contributed by atoms with Gasteiger partial charge in [0.15, 0.2) is 0 Å². The van der Waals surface area contributed by atoms with Crippen molar-refractivity contribution in [3.05, 3.63) is 30.1 Å². The molecule has 1 unspecified atom stereocenters. The van der Waals surface area contributed by atoms with Gasteiger partial charge in [0, 0.05) is 44.4 Å². The van der Waals surface area contributed by atoms with Gasteiger partial charge in [-0.15, -0.1) is 0 Å². The summed E-state index contributed by atoms with van der Waals surface area (Å²) in [4.78, 5) is 74.3. The molecule has 4 saturated carbocycles. The van der Waals surface area contributed by atoms with Crippen LogP contribution in [-0.4, -0.2) is 83.0 Å². The van der Waals surface area contributed by atoms with E-state index in [1.165, 1.54) is 19.0 Å². The molecule has 5 atom stereocenters. The first-order valence-corrected chi connectivity index (χ1v) is 14.6. The zero-order valence-electron chi connectivity index (χ0n) is 25.2. The van der Waals surface area contributed by atoms with Gasteiger partial charge in [0.25, 0.3) is 5.91 Å². The number of carbonyl (C=O) groups is 5. The molecule has 1 aromatic rings. The number of amides is 4. The molecule has 0 aromatic carbocycles. The van der Waals surface area contributed by atoms with E-state index in [4.69, 9.17) is 0 Å². The Hall–Kier alpha value is -3.30. The predicted molar refractivity (Wildman–Crippen MR) is 151 cm³/mol. The molecule has 5 fully saturated rings. The number of rotatable bonds is 9. The quantitative estimate of drug-likeness (QED) is 0.438. The van der Waals surface area contributed by atoms with Crippen LogP contribution < -0.4 is 10.6 Å². The summed E-state index contributed by atoms with van der Waals surface area (Å²) in [5, 5.41) is 5.90. The van der Waals surface area contributed by atoms with Gasteiger partial charge in [-0.25, -0.2) is 0 Å². The van der Waals surface area contributed by atoms with Crippen molar-refractivity contribution in [2.45, 2.75) is 78.4 Å². The van der Waals surface area contributed by atoms with Gasteiger partial charge in [0.1, 0.15) is 18.1 Å². The Morgan fingerprint density at radius 1 is 1.07 bits per heavy atom. The molecule has 0 radical (unpaired) electrons. The van der Waals surface area contributed by atoms with Crippen LogP contribution in [0, 0.1) is 34.0 Å². The van der Waals surface area contributed by atoms with Gasteiger partial charge in [0.05, 0.1) is 0 Å². The van der Waals surface area contributed by atoms with E-state index in [2.05, 4.69) is 29.5 Å². The van der Waals surface area contributed by atoms with Crippen LogP contribution in [0.5, 0.6) is 0 Å². The lowest BCUT2D eigenvalue weighted by molar-refractivity contribution is -0.168. The first-order valence-electron chi connectivity index (χ1n) is 14.6. The van der Waals surface area contributed by atoms with Crippen LogP contribution in [-0.2, 0) is 30.4 Å². The van der Waals surface area contributed by atoms with Crippen LogP contribution in [0.4, 0.5) is 0 Å². The van der Waals surface area contributed by atoms with Crippen molar-refractivity contribution in [2.75, 3.05) is 20.6 Å². The molecule has 10 heteroatoms. The van der Waals surface area contributed by atoms with E-state index >= 15 is 0 Å². The predicted octanol–water partition coefficient (Wildman–Crippen LogP) is 1.58. The third-order valence-electron chi connectivity index (χ3n) is 10.1. The number of hydrogen-bond donors (Lipinski definition) is 2. The van der Waals surface area contributed by atoms with E-state index in [1.807, 2.05) is 20.8 Å². The number of Topliss-reactive ketones (excluding diaryl/α,β-unsaturated/α-hetero) is 1. The molecule has 222 valence electrons. The second kappa shape index (κ2) is 9.91. The largest absolute Gasteiger partial charge is 0.344 e. The number of aromatic nitrogens is 1. The van der Waals surface area contributed by atoms with E-state index in [0.29, 0.717) is 18.2 Å². The summed E-state index contributed by atoms with van der Waals surface area (Å²) in [7, 11) is 2.98. The molecule has 1 aromatic heterocycles. The second-order valence-corrected chi connectivity index (χ2v) is 14.6. The Morgan fingerprint density at radius 2 is 1.73 bits per heavy atom. The molecule has 4 aliphatic carbocycles. The summed E-state index contributed by atoms with van der Waals surface area (Å²) >= 11 is 0. The van der Waals surface area contributed by atoms with Crippen molar-refractivity contribution in [3.63, 3.8) is 0 Å².